The van der Waals surface area contributed by atoms with Gasteiger partial charge >= 0.3 is 0 Å². The summed E-state index contributed by atoms with van der Waals surface area (Å²) in [6.07, 6.45) is 5.87. The van der Waals surface area contributed by atoms with E-state index >= 15 is 0 Å². The number of benzene rings is 1. The Hall–Kier alpha value is -2.12. The minimum Gasteiger partial charge on any atom is -0.350 e. The van der Waals surface area contributed by atoms with Crippen LogP contribution in [0.4, 0.5) is 0 Å². The van der Waals surface area contributed by atoms with E-state index in [2.05, 4.69) is 41.5 Å². The Labute approximate surface area is 191 Å². The van der Waals surface area contributed by atoms with Crippen LogP contribution >= 0.6 is 23.1 Å². The number of hydrogen-bond donors (Lipinski definition) is 2. The Bertz CT molecular complexity index is 1120. The summed E-state index contributed by atoms with van der Waals surface area (Å²) in [5.74, 6) is 2.04. The second-order valence-electron chi connectivity index (χ2n) is 8.09. The van der Waals surface area contributed by atoms with Crippen molar-refractivity contribution in [1.82, 2.24) is 15.3 Å². The van der Waals surface area contributed by atoms with Gasteiger partial charge in [0.2, 0.25) is 5.91 Å². The number of carbonyl (C=O) groups excluding carboxylic acids is 1. The summed E-state index contributed by atoms with van der Waals surface area (Å²) in [6.45, 7) is 4.14. The standard InChI is InChI=1S/C24H29N3O2S2/c1-3-16-8-10-17(11-9-16)15(2)25-21(28)12-13-30-14-20-26-23(29)22-18-6-4-5-7-19(18)31-24(22)27-20/h8-11,15H,3-7,12-14H2,1-2H3,(H,25,28)(H,26,27,29). The van der Waals surface area contributed by atoms with Crippen molar-refractivity contribution >= 4 is 39.2 Å². The maximum atomic E-state index is 12.6. The Morgan fingerprint density at radius 3 is 2.81 bits per heavy atom. The maximum Gasteiger partial charge on any atom is 0.259 e. The fourth-order valence-corrected chi connectivity index (χ4v) is 6.13. The highest BCUT2D eigenvalue weighted by Crippen LogP contribution is 2.33. The molecule has 1 aliphatic carbocycles. The van der Waals surface area contributed by atoms with Crippen LogP contribution < -0.4 is 10.9 Å². The zero-order valence-corrected chi connectivity index (χ0v) is 19.8. The first-order valence-corrected chi connectivity index (χ1v) is 13.0. The fraction of sp³-hybridized carbons (Fsp3) is 0.458. The number of aromatic amines is 1. The number of thioether (sulfide) groups is 1. The molecule has 2 N–H and O–H groups in total. The minimum atomic E-state index is -0.0133. The number of fused-ring (bicyclic) bond motifs is 3. The molecule has 2 aromatic heterocycles. The quantitative estimate of drug-likeness (QED) is 0.473. The Balaban J connectivity index is 1.27. The molecule has 0 spiro atoms. The molecule has 0 aliphatic heterocycles. The molecule has 0 saturated carbocycles. The second kappa shape index (κ2) is 10.0. The van der Waals surface area contributed by atoms with Gasteiger partial charge in [-0.2, -0.15) is 11.8 Å². The second-order valence-corrected chi connectivity index (χ2v) is 10.3. The molecule has 3 aromatic rings. The average Bonchev–Trinajstić information content (AvgIpc) is 3.15. The first kappa shape index (κ1) is 22.1. The van der Waals surface area contributed by atoms with Gasteiger partial charge in [-0.05, 0) is 55.7 Å². The fourth-order valence-electron chi connectivity index (χ4n) is 4.05. The van der Waals surface area contributed by atoms with Gasteiger partial charge in [0.1, 0.15) is 10.7 Å². The van der Waals surface area contributed by atoms with E-state index in [1.807, 2.05) is 6.92 Å². The average molecular weight is 456 g/mol. The molecule has 0 bridgehead atoms. The lowest BCUT2D eigenvalue weighted by molar-refractivity contribution is -0.121. The van der Waals surface area contributed by atoms with Crippen LogP contribution in [-0.4, -0.2) is 21.6 Å². The summed E-state index contributed by atoms with van der Waals surface area (Å²) < 4.78 is 0. The molecule has 1 aliphatic rings. The van der Waals surface area contributed by atoms with Crippen LogP contribution in [-0.2, 0) is 29.8 Å². The van der Waals surface area contributed by atoms with Crippen molar-refractivity contribution in [2.75, 3.05) is 5.75 Å². The van der Waals surface area contributed by atoms with Crippen LogP contribution in [0.1, 0.15) is 66.5 Å². The lowest BCUT2D eigenvalue weighted by atomic mass is 9.97. The summed E-state index contributed by atoms with van der Waals surface area (Å²) in [6, 6.07) is 8.39. The number of hydrogen-bond acceptors (Lipinski definition) is 5. The highest BCUT2D eigenvalue weighted by atomic mass is 32.2. The largest absolute Gasteiger partial charge is 0.350 e. The van der Waals surface area contributed by atoms with E-state index in [4.69, 9.17) is 4.98 Å². The SMILES string of the molecule is CCc1ccc(C(C)NC(=O)CCSCc2nc3sc4c(c3c(=O)[nH]2)CCCC4)cc1. The molecule has 1 amide bonds. The maximum absolute atomic E-state index is 12.6. The molecule has 5 nitrogen and oxygen atoms in total. The number of carbonyl (C=O) groups is 1. The van der Waals surface area contributed by atoms with E-state index in [1.54, 1.807) is 23.1 Å². The van der Waals surface area contributed by atoms with Crippen LogP contribution in [0.2, 0.25) is 0 Å². The van der Waals surface area contributed by atoms with Gasteiger partial charge in [-0.1, -0.05) is 31.2 Å². The van der Waals surface area contributed by atoms with Crippen molar-refractivity contribution in [3.8, 4) is 0 Å². The van der Waals surface area contributed by atoms with Crippen LogP contribution in [0.25, 0.3) is 10.2 Å². The van der Waals surface area contributed by atoms with E-state index in [-0.39, 0.29) is 17.5 Å². The zero-order chi connectivity index (χ0) is 21.8. The number of thiophene rings is 1. The number of rotatable bonds is 8. The van der Waals surface area contributed by atoms with E-state index in [9.17, 15) is 9.59 Å². The monoisotopic (exact) mass is 455 g/mol. The van der Waals surface area contributed by atoms with Crippen molar-refractivity contribution in [2.24, 2.45) is 0 Å². The molecule has 7 heteroatoms. The number of amides is 1. The number of nitrogens with one attached hydrogen (secondary N) is 2. The normalized spacial score (nSPS) is 14.4. The summed E-state index contributed by atoms with van der Waals surface area (Å²) in [7, 11) is 0. The third-order valence-electron chi connectivity index (χ3n) is 5.85. The topological polar surface area (TPSA) is 74.8 Å². The predicted octanol–water partition coefficient (Wildman–Crippen LogP) is 4.93. The third kappa shape index (κ3) is 5.21. The number of nitrogens with zero attached hydrogens (tertiary/aromatic N) is 1. The lowest BCUT2D eigenvalue weighted by Gasteiger charge is -2.14. The Kier molecular flexibility index (Phi) is 7.13. The Morgan fingerprint density at radius 2 is 2.03 bits per heavy atom. The van der Waals surface area contributed by atoms with Gasteiger partial charge in [-0.3, -0.25) is 9.59 Å². The summed E-state index contributed by atoms with van der Waals surface area (Å²) >= 11 is 3.30. The first-order valence-electron chi connectivity index (χ1n) is 11.0. The molecule has 1 aromatic carbocycles. The van der Waals surface area contributed by atoms with E-state index in [0.29, 0.717) is 23.8 Å². The highest BCUT2D eigenvalue weighted by molar-refractivity contribution is 7.98. The van der Waals surface area contributed by atoms with Crippen LogP contribution in [0.3, 0.4) is 0 Å². The third-order valence-corrected chi connectivity index (χ3v) is 8.01. The first-order chi connectivity index (χ1) is 15.0. The molecule has 0 fully saturated rings. The van der Waals surface area contributed by atoms with Crippen LogP contribution in [0.15, 0.2) is 29.1 Å². The summed E-state index contributed by atoms with van der Waals surface area (Å²) in [5, 5.41) is 3.87. The molecule has 1 atom stereocenters. The molecule has 0 saturated heterocycles. The number of H-pyrrole nitrogens is 1. The van der Waals surface area contributed by atoms with Gasteiger partial charge in [-0.25, -0.2) is 4.98 Å². The van der Waals surface area contributed by atoms with Gasteiger partial charge < -0.3 is 10.3 Å². The van der Waals surface area contributed by atoms with Crippen molar-refractivity contribution in [3.05, 3.63) is 62.0 Å². The van der Waals surface area contributed by atoms with Crippen LogP contribution in [0, 0.1) is 0 Å². The number of aromatic nitrogens is 2. The van der Waals surface area contributed by atoms with Gasteiger partial charge in [0.05, 0.1) is 17.2 Å². The molecule has 31 heavy (non-hydrogen) atoms. The van der Waals surface area contributed by atoms with Gasteiger partial charge in [0.15, 0.2) is 0 Å². The zero-order valence-electron chi connectivity index (χ0n) is 18.1. The van der Waals surface area contributed by atoms with E-state index < -0.39 is 0 Å². The summed E-state index contributed by atoms with van der Waals surface area (Å²) in [5.41, 5.74) is 3.62. The molecule has 2 heterocycles. The van der Waals surface area contributed by atoms with Crippen molar-refractivity contribution < 1.29 is 4.79 Å². The van der Waals surface area contributed by atoms with Gasteiger partial charge in [0, 0.05) is 17.1 Å². The minimum absolute atomic E-state index is 0.00584. The van der Waals surface area contributed by atoms with Crippen molar-refractivity contribution in [3.63, 3.8) is 0 Å². The molecular weight excluding hydrogens is 426 g/mol. The van der Waals surface area contributed by atoms with Crippen molar-refractivity contribution in [1.29, 1.82) is 0 Å². The van der Waals surface area contributed by atoms with Gasteiger partial charge in [0.25, 0.3) is 5.56 Å². The molecule has 1 unspecified atom stereocenters. The van der Waals surface area contributed by atoms with E-state index in [0.717, 1.165) is 41.5 Å². The smallest absolute Gasteiger partial charge is 0.259 e. The lowest BCUT2D eigenvalue weighted by Crippen LogP contribution is -2.26. The number of aryl methyl sites for hydroxylation is 3. The molecule has 164 valence electrons. The van der Waals surface area contributed by atoms with Crippen molar-refractivity contribution in [2.45, 2.75) is 64.2 Å². The molecular formula is C24H29N3O2S2. The highest BCUT2D eigenvalue weighted by Gasteiger charge is 2.19. The predicted molar refractivity (Wildman–Crippen MR) is 130 cm³/mol. The molecule has 0 radical (unpaired) electrons. The summed E-state index contributed by atoms with van der Waals surface area (Å²) in [4.78, 5) is 34.8. The van der Waals surface area contributed by atoms with Gasteiger partial charge in [-0.15, -0.1) is 11.3 Å². The van der Waals surface area contributed by atoms with E-state index in [1.165, 1.54) is 22.4 Å². The Morgan fingerprint density at radius 1 is 1.26 bits per heavy atom. The molecule has 4 rings (SSSR count). The van der Waals surface area contributed by atoms with Crippen LogP contribution in [0.5, 0.6) is 0 Å².